The van der Waals surface area contributed by atoms with Gasteiger partial charge in [0.05, 0.1) is 6.26 Å². The summed E-state index contributed by atoms with van der Waals surface area (Å²) in [5.41, 5.74) is 0.519. The molecular formula is C16H21NO4. The van der Waals surface area contributed by atoms with Crippen molar-refractivity contribution in [3.63, 3.8) is 0 Å². The Morgan fingerprint density at radius 2 is 2.05 bits per heavy atom. The molecule has 2 saturated carbocycles. The largest absolute Gasteiger partial charge is 0.475 e. The Bertz CT molecular complexity index is 530. The molecule has 5 nitrogen and oxygen atoms in total. The van der Waals surface area contributed by atoms with E-state index in [1.165, 1.54) is 38.4 Å². The van der Waals surface area contributed by atoms with Gasteiger partial charge in [0.2, 0.25) is 11.7 Å². The smallest absolute Gasteiger partial charge is 0.372 e. The number of rotatable bonds is 5. The molecule has 0 aromatic carbocycles. The van der Waals surface area contributed by atoms with Crippen LogP contribution < -0.4 is 5.32 Å². The molecule has 114 valence electrons. The molecule has 0 saturated heterocycles. The summed E-state index contributed by atoms with van der Waals surface area (Å²) in [4.78, 5) is 23.1. The SMILES string of the molecule is O=C(O)c1occc1CNC(=O)C1CC1C1CCCCC1. The predicted octanol–water partition coefficient (Wildman–Crippen LogP) is 2.81. The van der Waals surface area contributed by atoms with Crippen LogP contribution >= 0.6 is 0 Å². The number of carbonyl (C=O) groups excluding carboxylic acids is 1. The fraction of sp³-hybridized carbons (Fsp3) is 0.625. The Hall–Kier alpha value is -1.78. The Labute approximate surface area is 123 Å². The van der Waals surface area contributed by atoms with Crippen LogP contribution in [0.4, 0.5) is 0 Å². The fourth-order valence-corrected chi connectivity index (χ4v) is 3.58. The summed E-state index contributed by atoms with van der Waals surface area (Å²) in [7, 11) is 0. The zero-order chi connectivity index (χ0) is 14.8. The van der Waals surface area contributed by atoms with E-state index in [4.69, 9.17) is 9.52 Å². The number of carboxylic acids is 1. The van der Waals surface area contributed by atoms with Gasteiger partial charge in [-0.05, 0) is 24.3 Å². The third-order valence-corrected chi connectivity index (χ3v) is 4.83. The van der Waals surface area contributed by atoms with E-state index < -0.39 is 5.97 Å². The molecule has 0 bridgehead atoms. The molecule has 2 N–H and O–H groups in total. The molecule has 1 aromatic rings. The lowest BCUT2D eigenvalue weighted by Crippen LogP contribution is -2.26. The normalized spacial score (nSPS) is 25.5. The maximum Gasteiger partial charge on any atom is 0.372 e. The number of carbonyl (C=O) groups is 2. The van der Waals surface area contributed by atoms with Crippen molar-refractivity contribution in [2.45, 2.75) is 45.1 Å². The van der Waals surface area contributed by atoms with E-state index in [0.717, 1.165) is 12.3 Å². The highest BCUT2D eigenvalue weighted by atomic mass is 16.4. The van der Waals surface area contributed by atoms with Crippen LogP contribution in [0.25, 0.3) is 0 Å². The van der Waals surface area contributed by atoms with Crippen molar-refractivity contribution in [2.75, 3.05) is 0 Å². The summed E-state index contributed by atoms with van der Waals surface area (Å²) < 4.78 is 4.90. The third-order valence-electron chi connectivity index (χ3n) is 4.83. The standard InChI is InChI=1S/C16H21NO4/c18-15(13-8-12(13)10-4-2-1-3-5-10)17-9-11-6-7-21-14(11)16(19)20/h6-7,10,12-13H,1-5,8-9H2,(H,17,18)(H,19,20). The van der Waals surface area contributed by atoms with Gasteiger partial charge in [0.1, 0.15) is 0 Å². The molecule has 2 fully saturated rings. The van der Waals surface area contributed by atoms with E-state index in [1.54, 1.807) is 6.07 Å². The van der Waals surface area contributed by atoms with Gasteiger partial charge in [0.15, 0.2) is 0 Å². The second kappa shape index (κ2) is 5.92. The topological polar surface area (TPSA) is 79.5 Å². The lowest BCUT2D eigenvalue weighted by atomic mass is 9.85. The predicted molar refractivity (Wildman–Crippen MR) is 75.7 cm³/mol. The minimum atomic E-state index is -1.10. The van der Waals surface area contributed by atoms with Crippen molar-refractivity contribution >= 4 is 11.9 Å². The zero-order valence-electron chi connectivity index (χ0n) is 12.0. The molecule has 5 heteroatoms. The molecular weight excluding hydrogens is 270 g/mol. The molecule has 1 heterocycles. The second-order valence-electron chi connectivity index (χ2n) is 6.20. The monoisotopic (exact) mass is 291 g/mol. The van der Waals surface area contributed by atoms with E-state index in [1.807, 2.05) is 0 Å². The van der Waals surface area contributed by atoms with Gasteiger partial charge in [-0.3, -0.25) is 4.79 Å². The van der Waals surface area contributed by atoms with Crippen LogP contribution in [0.2, 0.25) is 0 Å². The first kappa shape index (κ1) is 14.2. The maximum absolute atomic E-state index is 12.1. The highest BCUT2D eigenvalue weighted by Crippen LogP contribution is 2.49. The van der Waals surface area contributed by atoms with Crippen LogP contribution in [0.1, 0.15) is 54.6 Å². The third kappa shape index (κ3) is 3.12. The molecule has 1 amide bonds. The van der Waals surface area contributed by atoms with Crippen molar-refractivity contribution in [2.24, 2.45) is 17.8 Å². The second-order valence-corrected chi connectivity index (χ2v) is 6.20. The molecule has 2 atom stereocenters. The van der Waals surface area contributed by atoms with Gasteiger partial charge in [-0.1, -0.05) is 32.1 Å². The van der Waals surface area contributed by atoms with Crippen molar-refractivity contribution in [1.82, 2.24) is 5.32 Å². The van der Waals surface area contributed by atoms with Crippen LogP contribution in [0.5, 0.6) is 0 Å². The Morgan fingerprint density at radius 3 is 2.76 bits per heavy atom. The van der Waals surface area contributed by atoms with Gasteiger partial charge in [0, 0.05) is 18.0 Å². The Kier molecular flexibility index (Phi) is 3.99. The van der Waals surface area contributed by atoms with E-state index in [9.17, 15) is 9.59 Å². The lowest BCUT2D eigenvalue weighted by Gasteiger charge is -2.21. The van der Waals surface area contributed by atoms with Crippen molar-refractivity contribution in [3.8, 4) is 0 Å². The molecule has 2 aliphatic carbocycles. The molecule has 2 unspecified atom stereocenters. The van der Waals surface area contributed by atoms with Crippen LogP contribution in [-0.4, -0.2) is 17.0 Å². The summed E-state index contributed by atoms with van der Waals surface area (Å²) in [6, 6.07) is 1.59. The summed E-state index contributed by atoms with van der Waals surface area (Å²) in [6.45, 7) is 0.227. The maximum atomic E-state index is 12.1. The van der Waals surface area contributed by atoms with Gasteiger partial charge in [-0.25, -0.2) is 4.79 Å². The number of amides is 1. The first-order valence-corrected chi connectivity index (χ1v) is 7.74. The summed E-state index contributed by atoms with van der Waals surface area (Å²) in [5, 5.41) is 11.8. The first-order chi connectivity index (χ1) is 10.2. The zero-order valence-corrected chi connectivity index (χ0v) is 12.0. The molecule has 0 spiro atoms. The van der Waals surface area contributed by atoms with E-state index in [-0.39, 0.29) is 24.1 Å². The molecule has 3 rings (SSSR count). The van der Waals surface area contributed by atoms with E-state index in [2.05, 4.69) is 5.32 Å². The highest BCUT2D eigenvalue weighted by Gasteiger charge is 2.47. The van der Waals surface area contributed by atoms with Gasteiger partial charge < -0.3 is 14.8 Å². The van der Waals surface area contributed by atoms with Crippen LogP contribution in [-0.2, 0) is 11.3 Å². The fourth-order valence-electron chi connectivity index (χ4n) is 3.58. The molecule has 2 aliphatic rings. The van der Waals surface area contributed by atoms with Gasteiger partial charge in [-0.15, -0.1) is 0 Å². The summed E-state index contributed by atoms with van der Waals surface area (Å²) in [6.07, 6.45) is 8.79. The summed E-state index contributed by atoms with van der Waals surface area (Å²) in [5.74, 6) is 0.272. The van der Waals surface area contributed by atoms with Gasteiger partial charge >= 0.3 is 5.97 Å². The molecule has 0 aliphatic heterocycles. The first-order valence-electron chi connectivity index (χ1n) is 7.74. The lowest BCUT2D eigenvalue weighted by molar-refractivity contribution is -0.123. The molecule has 21 heavy (non-hydrogen) atoms. The Morgan fingerprint density at radius 1 is 1.29 bits per heavy atom. The van der Waals surface area contributed by atoms with Gasteiger partial charge in [0.25, 0.3) is 0 Å². The van der Waals surface area contributed by atoms with E-state index >= 15 is 0 Å². The minimum Gasteiger partial charge on any atom is -0.475 e. The van der Waals surface area contributed by atoms with Crippen LogP contribution in [0, 0.1) is 17.8 Å². The highest BCUT2D eigenvalue weighted by molar-refractivity contribution is 5.86. The average molecular weight is 291 g/mol. The van der Waals surface area contributed by atoms with Gasteiger partial charge in [-0.2, -0.15) is 0 Å². The molecule has 0 radical (unpaired) electrons. The van der Waals surface area contributed by atoms with Crippen molar-refractivity contribution in [3.05, 3.63) is 23.7 Å². The Balaban J connectivity index is 1.49. The van der Waals surface area contributed by atoms with Crippen LogP contribution in [0.15, 0.2) is 16.7 Å². The quantitative estimate of drug-likeness (QED) is 0.874. The summed E-state index contributed by atoms with van der Waals surface area (Å²) >= 11 is 0. The molecule has 1 aromatic heterocycles. The number of hydrogen-bond donors (Lipinski definition) is 2. The van der Waals surface area contributed by atoms with E-state index in [0.29, 0.717) is 11.5 Å². The average Bonchev–Trinajstić information content (AvgIpc) is 3.15. The van der Waals surface area contributed by atoms with Crippen molar-refractivity contribution in [1.29, 1.82) is 0 Å². The number of carboxylic acid groups (broad SMARTS) is 1. The number of aromatic carboxylic acids is 1. The van der Waals surface area contributed by atoms with Crippen molar-refractivity contribution < 1.29 is 19.1 Å². The minimum absolute atomic E-state index is 0.0584. The number of nitrogens with one attached hydrogen (secondary N) is 1. The van der Waals surface area contributed by atoms with Crippen LogP contribution in [0.3, 0.4) is 0 Å². The number of furan rings is 1. The number of hydrogen-bond acceptors (Lipinski definition) is 3.